The third kappa shape index (κ3) is 7.10. The minimum absolute atomic E-state index is 0.00137. The molecule has 2 aromatic rings. The number of rotatable bonds is 5. The Morgan fingerprint density at radius 3 is 2.51 bits per heavy atom. The first-order chi connectivity index (χ1) is 22.4. The molecule has 4 atom stereocenters. The Balaban J connectivity index is 1.33. The molecule has 6 nitrogen and oxygen atoms in total. The smallest absolute Gasteiger partial charge is 0.440 e. The van der Waals surface area contributed by atoms with Crippen LogP contribution in [0.1, 0.15) is 117 Å². The van der Waals surface area contributed by atoms with Crippen molar-refractivity contribution >= 4 is 11.9 Å². The Labute approximate surface area is 275 Å². The fraction of sp³-hybridized carbons (Fsp3) is 0.579. The number of carbonyl (C=O) groups excluding carboxylic acids is 2. The predicted molar refractivity (Wildman–Crippen MR) is 172 cm³/mol. The van der Waals surface area contributed by atoms with Gasteiger partial charge in [0.2, 0.25) is 0 Å². The van der Waals surface area contributed by atoms with E-state index < -0.39 is 29.6 Å². The number of benzene rings is 2. The van der Waals surface area contributed by atoms with Gasteiger partial charge in [-0.3, -0.25) is 9.69 Å². The zero-order chi connectivity index (χ0) is 33.4. The number of aliphatic hydroxyl groups excluding tert-OH is 1. The van der Waals surface area contributed by atoms with E-state index in [0.717, 1.165) is 74.5 Å². The Morgan fingerprint density at radius 2 is 1.79 bits per heavy atom. The van der Waals surface area contributed by atoms with Crippen molar-refractivity contribution in [3.63, 3.8) is 0 Å². The molecule has 0 radical (unpaired) electrons. The Kier molecular flexibility index (Phi) is 9.49. The number of aliphatic hydroxyl groups is 1. The topological polar surface area (TPSA) is 76.1 Å². The summed E-state index contributed by atoms with van der Waals surface area (Å²) in [5.41, 5.74) is 3.39. The second kappa shape index (κ2) is 13.3. The minimum Gasteiger partial charge on any atom is -0.440 e. The highest BCUT2D eigenvalue weighted by molar-refractivity contribution is 5.99. The SMILES string of the molecule is CC1=CCCC2(C)C(CCC23CN(Cc2ccc(OC(F)(F)F)cc2)C(=O)O3)c2ccc(cc2C(=O)C2CCCCC2)CC(O)CC1. The number of allylic oxidation sites excluding steroid dienone is 2. The van der Waals surface area contributed by atoms with Crippen molar-refractivity contribution in [2.45, 2.75) is 121 Å². The van der Waals surface area contributed by atoms with E-state index >= 15 is 0 Å². The van der Waals surface area contributed by atoms with Crippen LogP contribution in [0.4, 0.5) is 18.0 Å². The number of carbonyl (C=O) groups is 2. The number of amides is 1. The molecule has 47 heavy (non-hydrogen) atoms. The summed E-state index contributed by atoms with van der Waals surface area (Å²) >= 11 is 0. The van der Waals surface area contributed by atoms with Gasteiger partial charge in [-0.15, -0.1) is 13.2 Å². The second-order valence-electron chi connectivity index (χ2n) is 14.5. The van der Waals surface area contributed by atoms with Crippen molar-refractivity contribution < 1.29 is 37.3 Å². The van der Waals surface area contributed by atoms with Crippen molar-refractivity contribution in [1.82, 2.24) is 4.90 Å². The van der Waals surface area contributed by atoms with Gasteiger partial charge in [-0.05, 0) is 106 Å². The second-order valence-corrected chi connectivity index (χ2v) is 14.5. The lowest BCUT2D eigenvalue weighted by molar-refractivity contribution is -0.274. The molecule has 1 aliphatic heterocycles. The van der Waals surface area contributed by atoms with Crippen LogP contribution >= 0.6 is 0 Å². The Morgan fingerprint density at radius 1 is 1.04 bits per heavy atom. The first-order valence-electron chi connectivity index (χ1n) is 17.2. The van der Waals surface area contributed by atoms with Gasteiger partial charge in [0.05, 0.1) is 12.6 Å². The number of hydrogen-bond acceptors (Lipinski definition) is 5. The number of alkyl halides is 3. The van der Waals surface area contributed by atoms with Crippen LogP contribution in [0.2, 0.25) is 0 Å². The Bertz CT molecular complexity index is 1500. The van der Waals surface area contributed by atoms with E-state index in [1.807, 2.05) is 6.07 Å². The third-order valence-electron chi connectivity index (χ3n) is 11.4. The lowest BCUT2D eigenvalue weighted by Crippen LogP contribution is -2.48. The molecule has 1 spiro atoms. The van der Waals surface area contributed by atoms with Gasteiger partial charge in [0.15, 0.2) is 5.78 Å². The highest BCUT2D eigenvalue weighted by Gasteiger charge is 2.64. The fourth-order valence-electron chi connectivity index (χ4n) is 8.72. The summed E-state index contributed by atoms with van der Waals surface area (Å²) in [6.07, 6.45) is 6.49. The van der Waals surface area contributed by atoms with E-state index in [-0.39, 0.29) is 29.9 Å². The zero-order valence-electron chi connectivity index (χ0n) is 27.4. The first-order valence-corrected chi connectivity index (χ1v) is 17.2. The van der Waals surface area contributed by atoms with Crippen LogP contribution in [0.3, 0.4) is 0 Å². The van der Waals surface area contributed by atoms with E-state index in [4.69, 9.17) is 4.74 Å². The first kappa shape index (κ1) is 33.6. The van der Waals surface area contributed by atoms with Crippen LogP contribution < -0.4 is 4.74 Å². The van der Waals surface area contributed by atoms with Crippen LogP contribution in [0.15, 0.2) is 54.1 Å². The van der Waals surface area contributed by atoms with Crippen LogP contribution in [-0.2, 0) is 17.7 Å². The van der Waals surface area contributed by atoms with Crippen molar-refractivity contribution in [2.24, 2.45) is 11.3 Å². The monoisotopic (exact) mass is 653 g/mol. The average Bonchev–Trinajstić information content (AvgIpc) is 3.50. The quantitative estimate of drug-likeness (QED) is 0.258. The molecule has 1 amide bonds. The van der Waals surface area contributed by atoms with Crippen LogP contribution in [0.5, 0.6) is 5.75 Å². The number of ketones is 1. The molecule has 4 aliphatic carbocycles. The van der Waals surface area contributed by atoms with E-state index in [2.05, 4.69) is 36.8 Å². The molecule has 5 aliphatic rings. The summed E-state index contributed by atoms with van der Waals surface area (Å²) in [7, 11) is 0. The third-order valence-corrected chi connectivity index (χ3v) is 11.4. The molecule has 0 aromatic heterocycles. The molecule has 7 rings (SSSR count). The molecule has 1 heterocycles. The van der Waals surface area contributed by atoms with Gasteiger partial charge >= 0.3 is 12.5 Å². The molecule has 1 N–H and O–H groups in total. The summed E-state index contributed by atoms with van der Waals surface area (Å²) in [5, 5.41) is 10.9. The van der Waals surface area contributed by atoms with Crippen LogP contribution in [0, 0.1) is 11.3 Å². The van der Waals surface area contributed by atoms with Crippen molar-refractivity contribution in [3.05, 3.63) is 76.4 Å². The lowest BCUT2D eigenvalue weighted by Gasteiger charge is -2.43. The van der Waals surface area contributed by atoms with Crippen LogP contribution in [-0.4, -0.2) is 46.5 Å². The van der Waals surface area contributed by atoms with E-state index in [9.17, 15) is 27.9 Å². The Hall–Kier alpha value is -3.33. The number of fused-ring (bicyclic) bond motifs is 8. The molecule has 2 bridgehead atoms. The minimum atomic E-state index is -4.77. The fourth-order valence-corrected chi connectivity index (χ4v) is 8.72. The number of halogens is 3. The standard InChI is InChI=1S/C38H46F3NO5/c1-25-7-6-19-36(2)33(31-17-13-27(21-29(43)14-10-25)22-32(31)34(44)28-8-4-3-5-9-28)18-20-37(36)24-42(35(45)47-37)23-26-11-15-30(16-12-26)46-38(39,40)41/h7,11-13,15-17,22,28-29,33,43H,3-6,8-10,14,18-21,23-24H2,1-2H3. The summed E-state index contributed by atoms with van der Waals surface area (Å²) in [6, 6.07) is 11.8. The maximum atomic E-state index is 14.2. The van der Waals surface area contributed by atoms with Gasteiger partial charge in [0.1, 0.15) is 11.4 Å². The van der Waals surface area contributed by atoms with Gasteiger partial charge < -0.3 is 14.6 Å². The molecular weight excluding hydrogens is 607 g/mol. The highest BCUT2D eigenvalue weighted by atomic mass is 19.4. The maximum absolute atomic E-state index is 14.2. The molecule has 4 unspecified atom stereocenters. The van der Waals surface area contributed by atoms with E-state index in [1.165, 1.54) is 29.8 Å². The molecule has 254 valence electrons. The predicted octanol–water partition coefficient (Wildman–Crippen LogP) is 9.05. The van der Waals surface area contributed by atoms with Crippen molar-refractivity contribution in [3.8, 4) is 5.75 Å². The molecule has 2 aromatic carbocycles. The highest BCUT2D eigenvalue weighted by Crippen LogP contribution is 2.62. The van der Waals surface area contributed by atoms with E-state index in [1.54, 1.807) is 4.90 Å². The van der Waals surface area contributed by atoms with Crippen molar-refractivity contribution in [1.29, 1.82) is 0 Å². The van der Waals surface area contributed by atoms with Gasteiger partial charge in [-0.2, -0.15) is 0 Å². The van der Waals surface area contributed by atoms with Crippen molar-refractivity contribution in [2.75, 3.05) is 6.54 Å². The number of hydrogen-bond donors (Lipinski definition) is 1. The molecule has 1 saturated heterocycles. The van der Waals surface area contributed by atoms with Gasteiger partial charge in [0.25, 0.3) is 0 Å². The van der Waals surface area contributed by atoms with Crippen LogP contribution in [0.25, 0.3) is 0 Å². The molecule has 3 fully saturated rings. The maximum Gasteiger partial charge on any atom is 0.573 e. The molecule has 9 heteroatoms. The van der Waals surface area contributed by atoms with Gasteiger partial charge in [-0.1, -0.05) is 62.1 Å². The van der Waals surface area contributed by atoms with Gasteiger partial charge in [-0.25, -0.2) is 4.79 Å². The zero-order valence-corrected chi connectivity index (χ0v) is 27.4. The largest absolute Gasteiger partial charge is 0.573 e. The van der Waals surface area contributed by atoms with E-state index in [0.29, 0.717) is 31.4 Å². The summed E-state index contributed by atoms with van der Waals surface area (Å²) in [6.45, 7) is 4.87. The molecular formula is C38H46F3NO5. The summed E-state index contributed by atoms with van der Waals surface area (Å²) in [4.78, 5) is 29.4. The number of Topliss-reactive ketones (excluding diaryl/α,β-unsaturated/α-hetero) is 1. The summed E-state index contributed by atoms with van der Waals surface area (Å²) in [5.74, 6) is -0.131. The summed E-state index contributed by atoms with van der Waals surface area (Å²) < 4.78 is 48.4. The normalized spacial score (nSPS) is 28.9. The number of ether oxygens (including phenoxy) is 2. The number of nitrogens with zero attached hydrogens (tertiary/aromatic N) is 1. The lowest BCUT2D eigenvalue weighted by atomic mass is 9.64. The molecule has 2 saturated carbocycles. The van der Waals surface area contributed by atoms with Gasteiger partial charge in [0, 0.05) is 23.4 Å². The average molecular weight is 654 g/mol.